The van der Waals surface area contributed by atoms with Crippen LogP contribution in [0, 0.1) is 0 Å². The van der Waals surface area contributed by atoms with Crippen molar-refractivity contribution in [2.75, 3.05) is 34.2 Å². The number of benzene rings is 2. The van der Waals surface area contributed by atoms with Gasteiger partial charge in [-0.25, -0.2) is 9.97 Å². The quantitative estimate of drug-likeness (QED) is 0.680. The standard InChI is InChI=1S/C19H21N3O5/c1-24-14-8-10(5-6-13(14)23)7-12-11-9-15(25-2)17(26-3)18(27-4)16(11)22-19(20)21-12/h5-6,8-9,23H,7H2,1-4H3,(H2,20,21,22). The van der Waals surface area contributed by atoms with Crippen molar-refractivity contribution >= 4 is 16.9 Å². The second kappa shape index (κ2) is 7.45. The number of nitrogens with zero attached hydrogens (tertiary/aromatic N) is 2. The van der Waals surface area contributed by atoms with Crippen LogP contribution in [0.3, 0.4) is 0 Å². The zero-order valence-electron chi connectivity index (χ0n) is 15.6. The molecule has 1 heterocycles. The molecule has 8 nitrogen and oxygen atoms in total. The summed E-state index contributed by atoms with van der Waals surface area (Å²) in [5.41, 5.74) is 8.03. The summed E-state index contributed by atoms with van der Waals surface area (Å²) in [7, 11) is 6.10. The van der Waals surface area contributed by atoms with E-state index < -0.39 is 0 Å². The lowest BCUT2D eigenvalue weighted by atomic mass is 10.0. The summed E-state index contributed by atoms with van der Waals surface area (Å²) in [6.07, 6.45) is 0.443. The Morgan fingerprint density at radius 3 is 2.22 bits per heavy atom. The first-order valence-corrected chi connectivity index (χ1v) is 8.13. The van der Waals surface area contributed by atoms with Gasteiger partial charge in [-0.2, -0.15) is 0 Å². The molecule has 2 aromatic carbocycles. The zero-order valence-corrected chi connectivity index (χ0v) is 15.6. The number of phenolic OH excluding ortho intramolecular Hbond substituents is 1. The fourth-order valence-electron chi connectivity index (χ4n) is 2.97. The van der Waals surface area contributed by atoms with Crippen LogP contribution in [0.25, 0.3) is 10.9 Å². The summed E-state index contributed by atoms with van der Waals surface area (Å²) in [5.74, 6) is 1.93. The maximum Gasteiger partial charge on any atom is 0.220 e. The molecule has 0 atom stereocenters. The van der Waals surface area contributed by atoms with E-state index in [9.17, 15) is 5.11 Å². The molecule has 0 aliphatic rings. The van der Waals surface area contributed by atoms with Crippen LogP contribution in [0.2, 0.25) is 0 Å². The molecular weight excluding hydrogens is 350 g/mol. The third kappa shape index (κ3) is 3.33. The van der Waals surface area contributed by atoms with Crippen LogP contribution in [0.1, 0.15) is 11.3 Å². The Morgan fingerprint density at radius 1 is 0.889 bits per heavy atom. The fourth-order valence-corrected chi connectivity index (χ4v) is 2.97. The molecule has 0 saturated carbocycles. The molecular formula is C19H21N3O5. The van der Waals surface area contributed by atoms with Gasteiger partial charge < -0.3 is 29.8 Å². The minimum Gasteiger partial charge on any atom is -0.504 e. The van der Waals surface area contributed by atoms with Crippen molar-refractivity contribution in [2.45, 2.75) is 6.42 Å². The van der Waals surface area contributed by atoms with Gasteiger partial charge in [0.05, 0.1) is 34.1 Å². The van der Waals surface area contributed by atoms with E-state index in [2.05, 4.69) is 9.97 Å². The van der Waals surface area contributed by atoms with Gasteiger partial charge in [0.1, 0.15) is 5.52 Å². The summed E-state index contributed by atoms with van der Waals surface area (Å²) in [5, 5.41) is 10.5. The molecule has 3 aromatic rings. The Labute approximate surface area is 156 Å². The number of nitrogens with two attached hydrogens (primary N) is 1. The molecule has 0 unspecified atom stereocenters. The topological polar surface area (TPSA) is 109 Å². The first-order valence-electron chi connectivity index (χ1n) is 8.13. The highest BCUT2D eigenvalue weighted by Gasteiger charge is 2.20. The van der Waals surface area contributed by atoms with E-state index in [0.717, 1.165) is 10.9 Å². The predicted octanol–water partition coefficient (Wildman–Crippen LogP) is 2.54. The normalized spacial score (nSPS) is 10.7. The summed E-state index contributed by atoms with van der Waals surface area (Å²) in [4.78, 5) is 8.71. The minimum absolute atomic E-state index is 0.0707. The number of anilines is 1. The highest BCUT2D eigenvalue weighted by Crippen LogP contribution is 2.43. The van der Waals surface area contributed by atoms with Crippen molar-refractivity contribution in [1.82, 2.24) is 9.97 Å². The van der Waals surface area contributed by atoms with E-state index in [1.807, 2.05) is 0 Å². The number of fused-ring (bicyclic) bond motifs is 1. The van der Waals surface area contributed by atoms with Crippen molar-refractivity contribution in [2.24, 2.45) is 0 Å². The van der Waals surface area contributed by atoms with Gasteiger partial charge >= 0.3 is 0 Å². The number of methoxy groups -OCH3 is 4. The average molecular weight is 371 g/mol. The van der Waals surface area contributed by atoms with Gasteiger partial charge in [0.2, 0.25) is 11.7 Å². The average Bonchev–Trinajstić information content (AvgIpc) is 2.67. The van der Waals surface area contributed by atoms with E-state index in [-0.39, 0.29) is 11.7 Å². The Balaban J connectivity index is 2.21. The van der Waals surface area contributed by atoms with E-state index in [0.29, 0.717) is 40.6 Å². The molecule has 142 valence electrons. The molecule has 0 aliphatic heterocycles. The van der Waals surface area contributed by atoms with Crippen LogP contribution in [0.15, 0.2) is 24.3 Å². The lowest BCUT2D eigenvalue weighted by molar-refractivity contribution is 0.327. The number of aromatic hydroxyl groups is 1. The van der Waals surface area contributed by atoms with Crippen molar-refractivity contribution in [3.8, 4) is 28.7 Å². The highest BCUT2D eigenvalue weighted by molar-refractivity contribution is 5.92. The van der Waals surface area contributed by atoms with Gasteiger partial charge in [-0.05, 0) is 23.8 Å². The number of hydrogen-bond donors (Lipinski definition) is 2. The Morgan fingerprint density at radius 2 is 1.59 bits per heavy atom. The van der Waals surface area contributed by atoms with E-state index >= 15 is 0 Å². The van der Waals surface area contributed by atoms with E-state index in [1.165, 1.54) is 21.3 Å². The molecule has 0 fully saturated rings. The SMILES string of the molecule is COc1cc(Cc2nc(N)nc3c(OC)c(OC)c(OC)cc23)ccc1O. The second-order valence-electron chi connectivity index (χ2n) is 5.75. The molecule has 8 heteroatoms. The van der Waals surface area contributed by atoms with Crippen LogP contribution in [-0.4, -0.2) is 43.5 Å². The molecule has 0 bridgehead atoms. The fraction of sp³-hybridized carbons (Fsp3) is 0.263. The third-order valence-corrected chi connectivity index (χ3v) is 4.21. The second-order valence-corrected chi connectivity index (χ2v) is 5.75. The number of nitrogen functional groups attached to an aromatic ring is 1. The summed E-state index contributed by atoms with van der Waals surface area (Å²) >= 11 is 0. The van der Waals surface area contributed by atoms with E-state index in [4.69, 9.17) is 24.7 Å². The van der Waals surface area contributed by atoms with Gasteiger partial charge in [-0.1, -0.05) is 6.07 Å². The maximum absolute atomic E-state index is 9.79. The molecule has 0 radical (unpaired) electrons. The lowest BCUT2D eigenvalue weighted by Crippen LogP contribution is -2.05. The summed E-state index contributed by atoms with van der Waals surface area (Å²) in [6.45, 7) is 0. The third-order valence-electron chi connectivity index (χ3n) is 4.21. The van der Waals surface area contributed by atoms with Crippen molar-refractivity contribution in [1.29, 1.82) is 0 Å². The Bertz CT molecular complexity index is 991. The van der Waals surface area contributed by atoms with Gasteiger partial charge in [-0.15, -0.1) is 0 Å². The van der Waals surface area contributed by atoms with Crippen molar-refractivity contribution < 1.29 is 24.1 Å². The van der Waals surface area contributed by atoms with Crippen LogP contribution in [0.4, 0.5) is 5.95 Å². The molecule has 1 aromatic heterocycles. The van der Waals surface area contributed by atoms with Gasteiger partial charge in [-0.3, -0.25) is 0 Å². The molecule has 0 spiro atoms. The first kappa shape index (κ1) is 18.4. The molecule has 3 rings (SSSR count). The number of phenols is 1. The van der Waals surface area contributed by atoms with Crippen molar-refractivity contribution in [3.63, 3.8) is 0 Å². The number of ether oxygens (including phenoxy) is 4. The van der Waals surface area contributed by atoms with E-state index in [1.54, 1.807) is 31.4 Å². The highest BCUT2D eigenvalue weighted by atomic mass is 16.5. The molecule has 3 N–H and O–H groups in total. The van der Waals surface area contributed by atoms with Crippen LogP contribution < -0.4 is 24.7 Å². The van der Waals surface area contributed by atoms with Crippen LogP contribution in [0.5, 0.6) is 28.7 Å². The molecule has 27 heavy (non-hydrogen) atoms. The smallest absolute Gasteiger partial charge is 0.220 e. The molecule has 0 aliphatic carbocycles. The number of aromatic nitrogens is 2. The lowest BCUT2D eigenvalue weighted by Gasteiger charge is -2.16. The Kier molecular flexibility index (Phi) is 5.07. The monoisotopic (exact) mass is 371 g/mol. The maximum atomic E-state index is 9.79. The zero-order chi connectivity index (χ0) is 19.6. The minimum atomic E-state index is 0.0707. The van der Waals surface area contributed by atoms with Crippen LogP contribution >= 0.6 is 0 Å². The summed E-state index contributed by atoms with van der Waals surface area (Å²) < 4.78 is 21.5. The van der Waals surface area contributed by atoms with Crippen molar-refractivity contribution in [3.05, 3.63) is 35.5 Å². The summed E-state index contributed by atoms with van der Waals surface area (Å²) in [6, 6.07) is 6.91. The Hall–Kier alpha value is -3.42. The predicted molar refractivity (Wildman–Crippen MR) is 101 cm³/mol. The number of rotatable bonds is 6. The molecule has 0 amide bonds. The largest absolute Gasteiger partial charge is 0.504 e. The van der Waals surface area contributed by atoms with Crippen LogP contribution in [-0.2, 0) is 6.42 Å². The number of hydrogen-bond acceptors (Lipinski definition) is 8. The van der Waals surface area contributed by atoms with Gasteiger partial charge in [0.25, 0.3) is 0 Å². The van der Waals surface area contributed by atoms with Gasteiger partial charge in [0, 0.05) is 11.8 Å². The van der Waals surface area contributed by atoms with Gasteiger partial charge in [0.15, 0.2) is 23.0 Å². The first-order chi connectivity index (χ1) is 13.0. The molecule has 0 saturated heterocycles.